The summed E-state index contributed by atoms with van der Waals surface area (Å²) in [5, 5.41) is 0.395. The molecular weight excluding hydrogens is 206 g/mol. The van der Waals surface area contributed by atoms with E-state index in [0.717, 1.165) is 25.1 Å². The van der Waals surface area contributed by atoms with Crippen molar-refractivity contribution in [2.75, 3.05) is 5.73 Å². The van der Waals surface area contributed by atoms with Crippen LogP contribution in [-0.4, -0.2) is 9.97 Å². The van der Waals surface area contributed by atoms with Crippen molar-refractivity contribution in [1.29, 1.82) is 0 Å². The lowest BCUT2D eigenvalue weighted by Crippen LogP contribution is -2.00. The molecule has 0 aliphatic heterocycles. The van der Waals surface area contributed by atoms with E-state index in [-0.39, 0.29) is 0 Å². The molecule has 0 fully saturated rings. The summed E-state index contributed by atoms with van der Waals surface area (Å²) in [6.45, 7) is 2.12. The van der Waals surface area contributed by atoms with Gasteiger partial charge < -0.3 is 10.7 Å². The first-order valence-corrected chi connectivity index (χ1v) is 4.98. The minimum atomic E-state index is 0.358. The van der Waals surface area contributed by atoms with Crippen molar-refractivity contribution in [2.24, 2.45) is 0 Å². The fourth-order valence-corrected chi connectivity index (χ4v) is 1.43. The first-order chi connectivity index (χ1) is 6.15. The molecule has 0 aliphatic carbocycles. The molecule has 1 rings (SSSR count). The Bertz CT molecular complexity index is 348. The Morgan fingerprint density at radius 3 is 2.85 bits per heavy atom. The molecule has 1 aromatic heterocycles. The number of nitrogens with one attached hydrogen (secondary N) is 1. The minimum Gasteiger partial charge on any atom is -0.394 e. The molecule has 72 valence electrons. The van der Waals surface area contributed by atoms with Crippen LogP contribution in [0.2, 0.25) is 5.15 Å². The van der Waals surface area contributed by atoms with Crippen molar-refractivity contribution in [3.63, 3.8) is 0 Å². The second-order valence-corrected chi connectivity index (χ2v) is 3.58. The summed E-state index contributed by atoms with van der Waals surface area (Å²) >= 11 is 10.7. The SMILES string of the molecule is CCCCc1nc(=S)c(N)c(Cl)[nH]1. The molecule has 0 bridgehead atoms. The topological polar surface area (TPSA) is 54.7 Å². The van der Waals surface area contributed by atoms with Gasteiger partial charge in [-0.3, -0.25) is 0 Å². The Labute approximate surface area is 87.3 Å². The second kappa shape index (κ2) is 4.58. The van der Waals surface area contributed by atoms with Gasteiger partial charge in [0.25, 0.3) is 0 Å². The van der Waals surface area contributed by atoms with E-state index >= 15 is 0 Å². The molecule has 0 saturated carbocycles. The van der Waals surface area contributed by atoms with Crippen molar-refractivity contribution < 1.29 is 0 Å². The quantitative estimate of drug-likeness (QED) is 0.605. The summed E-state index contributed by atoms with van der Waals surface area (Å²) in [6.07, 6.45) is 3.04. The van der Waals surface area contributed by atoms with E-state index in [2.05, 4.69) is 16.9 Å². The van der Waals surface area contributed by atoms with Crippen LogP contribution in [0, 0.1) is 4.64 Å². The molecule has 1 heterocycles. The molecule has 3 N–H and O–H groups in total. The largest absolute Gasteiger partial charge is 0.394 e. The lowest BCUT2D eigenvalue weighted by molar-refractivity contribution is 0.751. The van der Waals surface area contributed by atoms with Crippen LogP contribution < -0.4 is 5.73 Å². The molecule has 13 heavy (non-hydrogen) atoms. The van der Waals surface area contributed by atoms with Crippen molar-refractivity contribution in [3.8, 4) is 0 Å². The number of rotatable bonds is 3. The van der Waals surface area contributed by atoms with Crippen LogP contribution in [0.25, 0.3) is 0 Å². The van der Waals surface area contributed by atoms with Crippen LogP contribution in [-0.2, 0) is 6.42 Å². The number of aromatic nitrogens is 2. The highest BCUT2D eigenvalue weighted by Crippen LogP contribution is 2.16. The summed E-state index contributed by atoms with van der Waals surface area (Å²) in [4.78, 5) is 7.03. The lowest BCUT2D eigenvalue weighted by atomic mass is 10.2. The van der Waals surface area contributed by atoms with Gasteiger partial charge in [-0.25, -0.2) is 4.98 Å². The van der Waals surface area contributed by atoms with Crippen LogP contribution in [0.15, 0.2) is 0 Å². The summed E-state index contributed by atoms with van der Waals surface area (Å²) < 4.78 is 0.384. The van der Waals surface area contributed by atoms with Gasteiger partial charge in [0.2, 0.25) is 0 Å². The number of nitrogen functional groups attached to an aromatic ring is 1. The maximum absolute atomic E-state index is 5.81. The number of halogens is 1. The van der Waals surface area contributed by atoms with E-state index in [0.29, 0.717) is 15.5 Å². The molecule has 0 saturated heterocycles. The van der Waals surface area contributed by atoms with Crippen LogP contribution in [0.4, 0.5) is 5.69 Å². The number of hydrogen-bond acceptors (Lipinski definition) is 3. The van der Waals surface area contributed by atoms with Crippen LogP contribution >= 0.6 is 23.8 Å². The number of aromatic amines is 1. The molecule has 5 heteroatoms. The van der Waals surface area contributed by atoms with E-state index in [1.54, 1.807) is 0 Å². The third kappa shape index (κ3) is 2.67. The Balaban J connectivity index is 2.93. The number of H-pyrrole nitrogens is 1. The number of nitrogens with two attached hydrogens (primary N) is 1. The monoisotopic (exact) mass is 217 g/mol. The number of nitrogens with zero attached hydrogens (tertiary/aromatic N) is 1. The van der Waals surface area contributed by atoms with E-state index in [1.165, 1.54) is 0 Å². The molecule has 0 aromatic carbocycles. The van der Waals surface area contributed by atoms with Crippen molar-refractivity contribution in [1.82, 2.24) is 9.97 Å². The van der Waals surface area contributed by atoms with Gasteiger partial charge >= 0.3 is 0 Å². The first kappa shape index (κ1) is 10.5. The molecule has 0 aliphatic rings. The predicted octanol–water partition coefficient (Wildman–Crippen LogP) is 2.72. The fourth-order valence-electron chi connectivity index (χ4n) is 0.961. The molecule has 0 radical (unpaired) electrons. The molecule has 0 unspecified atom stereocenters. The number of anilines is 1. The van der Waals surface area contributed by atoms with E-state index < -0.39 is 0 Å². The maximum Gasteiger partial charge on any atom is 0.154 e. The maximum atomic E-state index is 5.81. The summed E-state index contributed by atoms with van der Waals surface area (Å²) in [6, 6.07) is 0. The van der Waals surface area contributed by atoms with Gasteiger partial charge in [-0.05, 0) is 6.42 Å². The third-order valence-electron chi connectivity index (χ3n) is 1.72. The Morgan fingerprint density at radius 1 is 1.62 bits per heavy atom. The summed E-state index contributed by atoms with van der Waals surface area (Å²) in [5.74, 6) is 0.811. The summed E-state index contributed by atoms with van der Waals surface area (Å²) in [5.41, 5.74) is 5.91. The van der Waals surface area contributed by atoms with Crippen LogP contribution in [0.1, 0.15) is 25.6 Å². The van der Waals surface area contributed by atoms with Crippen LogP contribution in [0.5, 0.6) is 0 Å². The van der Waals surface area contributed by atoms with Gasteiger partial charge in [0.1, 0.15) is 16.7 Å². The van der Waals surface area contributed by atoms with E-state index in [9.17, 15) is 0 Å². The van der Waals surface area contributed by atoms with Gasteiger partial charge in [0.05, 0.1) is 0 Å². The highest BCUT2D eigenvalue weighted by atomic mass is 35.5. The molecule has 0 spiro atoms. The Kier molecular flexibility index (Phi) is 3.69. The Hall–Kier alpha value is -0.610. The zero-order chi connectivity index (χ0) is 9.84. The second-order valence-electron chi connectivity index (χ2n) is 2.82. The van der Waals surface area contributed by atoms with Gasteiger partial charge in [-0.1, -0.05) is 37.2 Å². The average molecular weight is 218 g/mol. The molecular formula is C8H12ClN3S. The first-order valence-electron chi connectivity index (χ1n) is 4.19. The highest BCUT2D eigenvalue weighted by Gasteiger charge is 2.02. The zero-order valence-electron chi connectivity index (χ0n) is 7.43. The standard InChI is InChI=1S/C8H12ClN3S/c1-2-3-4-5-11-7(9)6(10)8(13)12-5/h2-4,10H2,1H3,(H,11,12,13). The Morgan fingerprint density at radius 2 is 2.31 bits per heavy atom. The average Bonchev–Trinajstić information content (AvgIpc) is 2.10. The lowest BCUT2D eigenvalue weighted by Gasteiger charge is -2.02. The number of aryl methyl sites for hydroxylation is 1. The van der Waals surface area contributed by atoms with Crippen molar-refractivity contribution in [2.45, 2.75) is 26.2 Å². The predicted molar refractivity (Wildman–Crippen MR) is 57.5 cm³/mol. The van der Waals surface area contributed by atoms with E-state index in [1.807, 2.05) is 0 Å². The van der Waals surface area contributed by atoms with Crippen molar-refractivity contribution >= 4 is 29.5 Å². The third-order valence-corrected chi connectivity index (χ3v) is 2.33. The number of unbranched alkanes of at least 4 members (excludes halogenated alkanes) is 1. The highest BCUT2D eigenvalue weighted by molar-refractivity contribution is 7.71. The van der Waals surface area contributed by atoms with Crippen LogP contribution in [0.3, 0.4) is 0 Å². The van der Waals surface area contributed by atoms with Crippen molar-refractivity contribution in [3.05, 3.63) is 15.6 Å². The van der Waals surface area contributed by atoms with Gasteiger partial charge in [0.15, 0.2) is 4.64 Å². The minimum absolute atomic E-state index is 0.358. The molecule has 0 atom stereocenters. The molecule has 3 nitrogen and oxygen atoms in total. The zero-order valence-corrected chi connectivity index (χ0v) is 9.00. The fraction of sp³-hybridized carbons (Fsp3) is 0.500. The smallest absolute Gasteiger partial charge is 0.154 e. The van der Waals surface area contributed by atoms with E-state index in [4.69, 9.17) is 29.6 Å². The molecule has 0 amide bonds. The van der Waals surface area contributed by atoms with Gasteiger partial charge in [0, 0.05) is 6.42 Å². The van der Waals surface area contributed by atoms with Gasteiger partial charge in [-0.15, -0.1) is 0 Å². The number of hydrogen-bond donors (Lipinski definition) is 2. The molecule has 1 aromatic rings. The normalized spacial score (nSPS) is 10.3. The van der Waals surface area contributed by atoms with Gasteiger partial charge in [-0.2, -0.15) is 0 Å². The summed E-state index contributed by atoms with van der Waals surface area (Å²) in [7, 11) is 0.